The lowest BCUT2D eigenvalue weighted by Crippen LogP contribution is -2.51. The number of thiophene rings is 1. The fourth-order valence-corrected chi connectivity index (χ4v) is 4.85. The van der Waals surface area contributed by atoms with Gasteiger partial charge in [0.1, 0.15) is 5.54 Å². The lowest BCUT2D eigenvalue weighted by molar-refractivity contribution is -0.148. The third-order valence-corrected chi connectivity index (χ3v) is 6.53. The predicted octanol–water partition coefficient (Wildman–Crippen LogP) is 1.81. The third-order valence-electron chi connectivity index (χ3n) is 4.51. The molecule has 2 N–H and O–H groups in total. The SMILES string of the molecule is O=C(COC(=O)CSCc1cccs1)NN1C(=O)NC2(CCCCC2)C1=O. The van der Waals surface area contributed by atoms with E-state index in [0.29, 0.717) is 23.6 Å². The van der Waals surface area contributed by atoms with Crippen LogP contribution in [-0.2, 0) is 24.9 Å². The smallest absolute Gasteiger partial charge is 0.344 e. The van der Waals surface area contributed by atoms with Crippen LogP contribution in [0.5, 0.6) is 0 Å². The van der Waals surface area contributed by atoms with Crippen LogP contribution in [0.25, 0.3) is 0 Å². The van der Waals surface area contributed by atoms with Crippen LogP contribution in [0.15, 0.2) is 17.5 Å². The quantitative estimate of drug-likeness (QED) is 0.524. The summed E-state index contributed by atoms with van der Waals surface area (Å²) >= 11 is 3.00. The van der Waals surface area contributed by atoms with Crippen LogP contribution >= 0.6 is 23.1 Å². The van der Waals surface area contributed by atoms with E-state index >= 15 is 0 Å². The Morgan fingerprint density at radius 1 is 1.30 bits per heavy atom. The Hall–Kier alpha value is -2.07. The number of hydrogen-bond donors (Lipinski definition) is 2. The number of carbonyl (C=O) groups is 4. The van der Waals surface area contributed by atoms with Crippen LogP contribution in [0, 0.1) is 0 Å². The molecule has 3 rings (SSSR count). The van der Waals surface area contributed by atoms with Crippen LogP contribution in [0.4, 0.5) is 4.79 Å². The Labute approximate surface area is 165 Å². The maximum absolute atomic E-state index is 12.5. The van der Waals surface area contributed by atoms with Crippen LogP contribution in [0.1, 0.15) is 37.0 Å². The molecule has 2 fully saturated rings. The van der Waals surface area contributed by atoms with E-state index in [-0.39, 0.29) is 5.75 Å². The molecule has 1 aromatic heterocycles. The summed E-state index contributed by atoms with van der Waals surface area (Å²) in [5.74, 6) is -0.866. The van der Waals surface area contributed by atoms with Crippen LogP contribution in [0.3, 0.4) is 0 Å². The van der Waals surface area contributed by atoms with Crippen molar-refractivity contribution in [2.75, 3.05) is 12.4 Å². The van der Waals surface area contributed by atoms with E-state index in [1.165, 1.54) is 11.8 Å². The van der Waals surface area contributed by atoms with E-state index in [1.807, 2.05) is 17.5 Å². The molecule has 8 nitrogen and oxygen atoms in total. The number of esters is 1. The van der Waals surface area contributed by atoms with Gasteiger partial charge in [0.25, 0.3) is 11.8 Å². The molecular weight excluding hydrogens is 390 g/mol. The van der Waals surface area contributed by atoms with E-state index in [9.17, 15) is 19.2 Å². The van der Waals surface area contributed by atoms with E-state index in [0.717, 1.165) is 24.1 Å². The fraction of sp³-hybridized carbons (Fsp3) is 0.529. The molecule has 0 bridgehead atoms. The summed E-state index contributed by atoms with van der Waals surface area (Å²) in [7, 11) is 0. The van der Waals surface area contributed by atoms with Gasteiger partial charge in [0, 0.05) is 10.6 Å². The molecule has 4 amide bonds. The number of carbonyl (C=O) groups excluding carboxylic acids is 4. The Bertz CT molecular complexity index is 716. The lowest BCUT2D eigenvalue weighted by Gasteiger charge is -2.30. The third kappa shape index (κ3) is 4.81. The second-order valence-corrected chi connectivity index (χ2v) is 8.50. The molecule has 0 aromatic carbocycles. The van der Waals surface area contributed by atoms with Gasteiger partial charge < -0.3 is 10.1 Å². The summed E-state index contributed by atoms with van der Waals surface area (Å²) in [6.07, 6.45) is 3.88. The maximum Gasteiger partial charge on any atom is 0.344 e. The lowest BCUT2D eigenvalue weighted by atomic mass is 9.82. The van der Waals surface area contributed by atoms with Gasteiger partial charge >= 0.3 is 12.0 Å². The van der Waals surface area contributed by atoms with E-state index in [1.54, 1.807) is 11.3 Å². The van der Waals surface area contributed by atoms with Crippen molar-refractivity contribution in [1.82, 2.24) is 15.8 Å². The molecule has 0 atom stereocenters. The van der Waals surface area contributed by atoms with Crippen LogP contribution < -0.4 is 10.7 Å². The molecule has 2 heterocycles. The number of ether oxygens (including phenoxy) is 1. The van der Waals surface area contributed by atoms with Crippen molar-refractivity contribution >= 4 is 46.9 Å². The van der Waals surface area contributed by atoms with Gasteiger partial charge in [-0.25, -0.2) is 4.79 Å². The van der Waals surface area contributed by atoms with Gasteiger partial charge in [0.05, 0.1) is 5.75 Å². The summed E-state index contributed by atoms with van der Waals surface area (Å²) in [5, 5.41) is 5.36. The zero-order valence-electron chi connectivity index (χ0n) is 14.7. The summed E-state index contributed by atoms with van der Waals surface area (Å²) in [6.45, 7) is -0.539. The molecule has 10 heteroatoms. The summed E-state index contributed by atoms with van der Waals surface area (Å²) in [5.41, 5.74) is 1.33. The van der Waals surface area contributed by atoms with Crippen molar-refractivity contribution in [2.45, 2.75) is 43.4 Å². The van der Waals surface area contributed by atoms with Crippen molar-refractivity contribution in [3.05, 3.63) is 22.4 Å². The Morgan fingerprint density at radius 2 is 2.07 bits per heavy atom. The van der Waals surface area contributed by atoms with Gasteiger partial charge in [0.2, 0.25) is 0 Å². The first-order chi connectivity index (χ1) is 13.0. The molecular formula is C17H21N3O5S2. The van der Waals surface area contributed by atoms with Gasteiger partial charge in [-0.1, -0.05) is 25.3 Å². The topological polar surface area (TPSA) is 105 Å². The Kier molecular flexibility index (Phi) is 6.38. The van der Waals surface area contributed by atoms with Crippen LogP contribution in [-0.4, -0.2) is 46.7 Å². The van der Waals surface area contributed by atoms with Crippen molar-refractivity contribution in [3.8, 4) is 0 Å². The van der Waals surface area contributed by atoms with E-state index < -0.39 is 36.0 Å². The number of urea groups is 1. The first-order valence-electron chi connectivity index (χ1n) is 8.72. The number of amides is 4. The van der Waals surface area contributed by atoms with Gasteiger partial charge in [0.15, 0.2) is 6.61 Å². The van der Waals surface area contributed by atoms with Gasteiger partial charge in [-0.05, 0) is 24.3 Å². The normalized spacial score (nSPS) is 18.4. The second kappa shape index (κ2) is 8.75. The molecule has 1 spiro atoms. The van der Waals surface area contributed by atoms with Crippen molar-refractivity contribution in [1.29, 1.82) is 0 Å². The highest BCUT2D eigenvalue weighted by molar-refractivity contribution is 7.99. The second-order valence-electron chi connectivity index (χ2n) is 6.48. The zero-order valence-corrected chi connectivity index (χ0v) is 16.3. The van der Waals surface area contributed by atoms with E-state index in [2.05, 4.69) is 10.7 Å². The molecule has 1 saturated carbocycles. The molecule has 2 aliphatic rings. The predicted molar refractivity (Wildman–Crippen MR) is 101 cm³/mol. The molecule has 0 unspecified atom stereocenters. The number of nitrogens with zero attached hydrogens (tertiary/aromatic N) is 1. The minimum atomic E-state index is -0.905. The molecule has 146 valence electrons. The average molecular weight is 412 g/mol. The summed E-state index contributed by atoms with van der Waals surface area (Å²) in [4.78, 5) is 49.4. The molecule has 1 aliphatic heterocycles. The monoisotopic (exact) mass is 411 g/mol. The highest BCUT2D eigenvalue weighted by atomic mass is 32.2. The number of nitrogens with one attached hydrogen (secondary N) is 2. The Morgan fingerprint density at radius 3 is 2.78 bits per heavy atom. The average Bonchev–Trinajstić information content (AvgIpc) is 3.24. The zero-order chi connectivity index (χ0) is 19.3. The molecule has 27 heavy (non-hydrogen) atoms. The molecule has 1 aromatic rings. The number of rotatable bonds is 7. The highest BCUT2D eigenvalue weighted by Crippen LogP contribution is 2.32. The van der Waals surface area contributed by atoms with Crippen molar-refractivity contribution in [2.24, 2.45) is 0 Å². The number of thioether (sulfide) groups is 1. The maximum atomic E-state index is 12.5. The first-order valence-corrected chi connectivity index (χ1v) is 10.8. The first kappa shape index (κ1) is 19.7. The van der Waals surface area contributed by atoms with Crippen molar-refractivity contribution < 1.29 is 23.9 Å². The number of hydrogen-bond acceptors (Lipinski definition) is 7. The number of imide groups is 1. The van der Waals surface area contributed by atoms with Crippen molar-refractivity contribution in [3.63, 3.8) is 0 Å². The standard InChI is InChI=1S/C17H21N3O5S2/c21-13(9-25-14(22)11-26-10-12-5-4-8-27-12)19-20-15(23)17(18-16(20)24)6-2-1-3-7-17/h4-5,8H,1-3,6-7,9-11H2,(H,18,24)(H,19,21). The Balaban J connectivity index is 1.40. The molecule has 1 saturated heterocycles. The fourth-order valence-electron chi connectivity index (χ4n) is 3.19. The summed E-state index contributed by atoms with van der Waals surface area (Å²) in [6, 6.07) is 3.28. The highest BCUT2D eigenvalue weighted by Gasteiger charge is 2.52. The molecule has 0 radical (unpaired) electrons. The summed E-state index contributed by atoms with van der Waals surface area (Å²) < 4.78 is 4.90. The van der Waals surface area contributed by atoms with Gasteiger partial charge in [-0.3, -0.25) is 19.8 Å². The van der Waals surface area contributed by atoms with E-state index in [4.69, 9.17) is 4.74 Å². The number of hydrazine groups is 1. The van der Waals surface area contributed by atoms with Gasteiger partial charge in [-0.2, -0.15) is 5.01 Å². The van der Waals surface area contributed by atoms with Gasteiger partial charge in [-0.15, -0.1) is 23.1 Å². The minimum Gasteiger partial charge on any atom is -0.455 e. The largest absolute Gasteiger partial charge is 0.455 e. The van der Waals surface area contributed by atoms with Crippen LogP contribution in [0.2, 0.25) is 0 Å². The molecule has 1 aliphatic carbocycles. The minimum absolute atomic E-state index is 0.122.